The number of primary amides is 1. The topological polar surface area (TPSA) is 137 Å². The van der Waals surface area contributed by atoms with Gasteiger partial charge in [-0.25, -0.2) is 18.7 Å². The number of aromatic nitrogens is 2. The summed E-state index contributed by atoms with van der Waals surface area (Å²) in [6, 6.07) is 7.95. The van der Waals surface area contributed by atoms with Gasteiger partial charge in [-0.2, -0.15) is 0 Å². The van der Waals surface area contributed by atoms with Crippen LogP contribution < -0.4 is 20.5 Å². The highest BCUT2D eigenvalue weighted by molar-refractivity contribution is 6.32. The monoisotopic (exact) mass is 658 g/mol. The first-order valence-electron chi connectivity index (χ1n) is 14.1. The SMILES string of the molecule is CCOc1c(CC(N)=O)cc([C@@](O)(CNC(=O)c2cc(OC)c3nc(C)c(Cl)cc3c2)C2CC2)nc1-c1cc(F)c(Cl)cc1F. The molecule has 0 spiro atoms. The van der Waals surface area contributed by atoms with E-state index in [1.165, 1.54) is 19.2 Å². The minimum atomic E-state index is -1.76. The van der Waals surface area contributed by atoms with Crippen molar-refractivity contribution >= 4 is 45.9 Å². The third-order valence-electron chi connectivity index (χ3n) is 7.68. The van der Waals surface area contributed by atoms with E-state index >= 15 is 4.39 Å². The number of rotatable bonds is 11. The Morgan fingerprint density at radius 2 is 1.82 bits per heavy atom. The summed E-state index contributed by atoms with van der Waals surface area (Å²) in [5.74, 6) is -3.01. The lowest BCUT2D eigenvalue weighted by Gasteiger charge is -2.30. The van der Waals surface area contributed by atoms with Crippen LogP contribution in [0.3, 0.4) is 0 Å². The number of nitrogens with zero attached hydrogens (tertiary/aromatic N) is 2. The summed E-state index contributed by atoms with van der Waals surface area (Å²) in [7, 11) is 1.46. The van der Waals surface area contributed by atoms with E-state index in [1.807, 2.05) is 0 Å². The fourth-order valence-electron chi connectivity index (χ4n) is 5.25. The maximum Gasteiger partial charge on any atom is 0.251 e. The van der Waals surface area contributed by atoms with E-state index < -0.39 is 34.1 Å². The number of aliphatic hydroxyl groups is 1. The Hall–Kier alpha value is -4.06. The molecule has 45 heavy (non-hydrogen) atoms. The predicted octanol–water partition coefficient (Wildman–Crippen LogP) is 5.65. The Kier molecular flexibility index (Phi) is 9.16. The minimum absolute atomic E-state index is 0.00798. The normalized spacial score (nSPS) is 14.2. The summed E-state index contributed by atoms with van der Waals surface area (Å²) < 4.78 is 41.0. The van der Waals surface area contributed by atoms with E-state index in [-0.39, 0.29) is 59.3 Å². The van der Waals surface area contributed by atoms with Crippen LogP contribution in [0.2, 0.25) is 10.0 Å². The number of amides is 2. The molecule has 2 heterocycles. The summed E-state index contributed by atoms with van der Waals surface area (Å²) >= 11 is 12.1. The highest BCUT2D eigenvalue weighted by Crippen LogP contribution is 2.47. The second kappa shape index (κ2) is 12.7. The maximum atomic E-state index is 15.2. The molecule has 236 valence electrons. The molecule has 0 saturated heterocycles. The van der Waals surface area contributed by atoms with Crippen LogP contribution >= 0.6 is 23.2 Å². The van der Waals surface area contributed by atoms with E-state index in [1.54, 1.807) is 26.0 Å². The largest absolute Gasteiger partial charge is 0.494 e. The molecule has 1 aliphatic rings. The number of nitrogens with one attached hydrogen (secondary N) is 1. The molecule has 2 amide bonds. The van der Waals surface area contributed by atoms with Crippen molar-refractivity contribution in [3.05, 3.63) is 80.6 Å². The molecule has 5 rings (SSSR count). The molecule has 1 fully saturated rings. The molecule has 1 saturated carbocycles. The van der Waals surface area contributed by atoms with Crippen LogP contribution in [0.1, 0.15) is 47.1 Å². The summed E-state index contributed by atoms with van der Waals surface area (Å²) in [5.41, 5.74) is 4.92. The highest BCUT2D eigenvalue weighted by Gasteiger charge is 2.47. The first-order valence-corrected chi connectivity index (χ1v) is 14.9. The zero-order chi connectivity index (χ0) is 32.6. The number of halogens is 4. The van der Waals surface area contributed by atoms with E-state index in [4.69, 9.17) is 38.4 Å². The summed E-state index contributed by atoms with van der Waals surface area (Å²) in [5, 5.41) is 15.5. The van der Waals surface area contributed by atoms with Crippen molar-refractivity contribution in [1.82, 2.24) is 15.3 Å². The van der Waals surface area contributed by atoms with Crippen molar-refractivity contribution in [2.45, 2.75) is 38.7 Å². The third kappa shape index (κ3) is 6.51. The van der Waals surface area contributed by atoms with Gasteiger partial charge >= 0.3 is 0 Å². The predicted molar refractivity (Wildman–Crippen MR) is 166 cm³/mol. The minimum Gasteiger partial charge on any atom is -0.494 e. The maximum absolute atomic E-state index is 15.2. The molecular weight excluding hydrogens is 629 g/mol. The number of carbonyl (C=O) groups excluding carboxylic acids is 2. The molecule has 2 aromatic heterocycles. The third-order valence-corrected chi connectivity index (χ3v) is 8.35. The van der Waals surface area contributed by atoms with Crippen molar-refractivity contribution in [2.24, 2.45) is 11.7 Å². The number of pyridine rings is 2. The molecule has 0 unspecified atom stereocenters. The number of hydrogen-bond donors (Lipinski definition) is 3. The molecule has 4 aromatic rings. The summed E-state index contributed by atoms with van der Waals surface area (Å²) in [4.78, 5) is 34.5. The number of methoxy groups -OCH3 is 1. The molecular formula is C32H30Cl2F2N4O5. The average molecular weight is 660 g/mol. The van der Waals surface area contributed by atoms with Crippen LogP contribution in [-0.2, 0) is 16.8 Å². The van der Waals surface area contributed by atoms with Crippen LogP contribution in [0.5, 0.6) is 11.5 Å². The van der Waals surface area contributed by atoms with Gasteiger partial charge in [-0.1, -0.05) is 23.2 Å². The zero-order valence-corrected chi connectivity index (χ0v) is 26.2. The lowest BCUT2D eigenvalue weighted by Crippen LogP contribution is -2.43. The Morgan fingerprint density at radius 3 is 2.47 bits per heavy atom. The van der Waals surface area contributed by atoms with E-state index in [2.05, 4.69) is 15.3 Å². The van der Waals surface area contributed by atoms with Crippen LogP contribution in [0.25, 0.3) is 22.2 Å². The fourth-order valence-corrected chi connectivity index (χ4v) is 5.56. The number of hydrogen-bond acceptors (Lipinski definition) is 7. The standard InChI is InChI=1S/C32H30Cl2F2N4O5/c1-4-45-30-17(11-27(37)41)10-26(40-29(30)20-12-24(36)22(34)13-23(20)35)32(43,19-5-6-19)14-38-31(42)18-7-16-8-21(33)15(2)39-28(16)25(9-18)44-3/h7-10,12-13,19,43H,4-6,11,14H2,1-3H3,(H2,37,41)(H,38,42)/t32-/m1/s1. The van der Waals surface area contributed by atoms with Gasteiger partial charge < -0.3 is 25.6 Å². The van der Waals surface area contributed by atoms with Gasteiger partial charge in [0.1, 0.15) is 39.9 Å². The second-order valence-electron chi connectivity index (χ2n) is 10.9. The van der Waals surface area contributed by atoms with Crippen molar-refractivity contribution in [1.29, 1.82) is 0 Å². The van der Waals surface area contributed by atoms with Crippen molar-refractivity contribution in [3.63, 3.8) is 0 Å². The highest BCUT2D eigenvalue weighted by atomic mass is 35.5. The number of ether oxygens (including phenoxy) is 2. The van der Waals surface area contributed by atoms with Gasteiger partial charge in [0.25, 0.3) is 5.91 Å². The molecule has 0 bridgehead atoms. The number of aryl methyl sites for hydroxylation is 1. The van der Waals surface area contributed by atoms with Crippen LogP contribution in [0.15, 0.2) is 36.4 Å². The van der Waals surface area contributed by atoms with Crippen LogP contribution in [0, 0.1) is 24.5 Å². The quantitative estimate of drug-likeness (QED) is 0.177. The number of nitrogens with two attached hydrogens (primary N) is 1. The molecule has 13 heteroatoms. The Morgan fingerprint density at radius 1 is 1.09 bits per heavy atom. The van der Waals surface area contributed by atoms with E-state index in [0.717, 1.165) is 12.1 Å². The van der Waals surface area contributed by atoms with Gasteiger partial charge in [0.05, 0.1) is 48.1 Å². The van der Waals surface area contributed by atoms with E-state index in [9.17, 15) is 19.1 Å². The van der Waals surface area contributed by atoms with E-state index in [0.29, 0.717) is 40.2 Å². The molecule has 1 atom stereocenters. The van der Waals surface area contributed by atoms with Gasteiger partial charge in [-0.15, -0.1) is 0 Å². The molecule has 9 nitrogen and oxygen atoms in total. The first-order chi connectivity index (χ1) is 21.4. The van der Waals surface area contributed by atoms with Crippen molar-refractivity contribution < 1.29 is 33.0 Å². The smallest absolute Gasteiger partial charge is 0.251 e. The van der Waals surface area contributed by atoms with Crippen LogP contribution in [-0.4, -0.2) is 47.2 Å². The lowest BCUT2D eigenvalue weighted by molar-refractivity contribution is -0.117. The fraction of sp³-hybridized carbons (Fsp3) is 0.312. The summed E-state index contributed by atoms with van der Waals surface area (Å²) in [6.07, 6.45) is 0.883. The Balaban J connectivity index is 1.57. The number of fused-ring (bicyclic) bond motifs is 1. The van der Waals surface area contributed by atoms with Gasteiger partial charge in [-0.3, -0.25) is 9.59 Å². The lowest BCUT2D eigenvalue weighted by atomic mass is 9.90. The zero-order valence-electron chi connectivity index (χ0n) is 24.6. The Bertz CT molecular complexity index is 1840. The number of benzene rings is 2. The van der Waals surface area contributed by atoms with Gasteiger partial charge in [0, 0.05) is 22.1 Å². The molecule has 2 aromatic carbocycles. The van der Waals surface area contributed by atoms with Crippen molar-refractivity contribution in [2.75, 3.05) is 20.3 Å². The van der Waals surface area contributed by atoms with Gasteiger partial charge in [0.15, 0.2) is 0 Å². The Labute approximate surface area is 267 Å². The molecule has 0 radical (unpaired) electrons. The second-order valence-corrected chi connectivity index (χ2v) is 11.7. The van der Waals surface area contributed by atoms with Gasteiger partial charge in [-0.05, 0) is 69.0 Å². The van der Waals surface area contributed by atoms with Gasteiger partial charge in [0.2, 0.25) is 5.91 Å². The van der Waals surface area contributed by atoms with Crippen molar-refractivity contribution in [3.8, 4) is 22.8 Å². The number of carbonyl (C=O) groups is 2. The average Bonchev–Trinajstić information content (AvgIpc) is 3.85. The first kappa shape index (κ1) is 32.3. The molecule has 4 N–H and O–H groups in total. The molecule has 0 aliphatic heterocycles. The summed E-state index contributed by atoms with van der Waals surface area (Å²) in [6.45, 7) is 3.24. The molecule has 1 aliphatic carbocycles. The van der Waals surface area contributed by atoms with Crippen LogP contribution in [0.4, 0.5) is 8.78 Å².